The fourth-order valence-electron chi connectivity index (χ4n) is 2.78. The minimum absolute atomic E-state index is 0.207. The van der Waals surface area contributed by atoms with Crippen LogP contribution in [0.15, 0.2) is 41.0 Å². The lowest BCUT2D eigenvalue weighted by Gasteiger charge is -2.21. The van der Waals surface area contributed by atoms with Crippen LogP contribution in [0.5, 0.6) is 0 Å². The summed E-state index contributed by atoms with van der Waals surface area (Å²) >= 11 is 9.32. The van der Waals surface area contributed by atoms with Gasteiger partial charge in [0, 0.05) is 36.0 Å². The second-order valence-corrected chi connectivity index (χ2v) is 6.77. The first-order valence-electron chi connectivity index (χ1n) is 7.57. The van der Waals surface area contributed by atoms with Crippen LogP contribution < -0.4 is 10.2 Å². The van der Waals surface area contributed by atoms with Gasteiger partial charge in [0.2, 0.25) is 0 Å². The predicted octanol–water partition coefficient (Wildman–Crippen LogP) is 4.03. The van der Waals surface area contributed by atoms with Crippen molar-refractivity contribution in [1.29, 1.82) is 0 Å². The molecule has 0 saturated carbocycles. The second-order valence-electron chi connectivity index (χ2n) is 5.50. The van der Waals surface area contributed by atoms with Crippen LogP contribution in [-0.2, 0) is 6.54 Å². The number of anilines is 1. The van der Waals surface area contributed by atoms with Crippen molar-refractivity contribution in [3.63, 3.8) is 0 Å². The van der Waals surface area contributed by atoms with Crippen LogP contribution in [-0.4, -0.2) is 24.0 Å². The van der Waals surface area contributed by atoms with Gasteiger partial charge in [0.1, 0.15) is 5.15 Å². The van der Waals surface area contributed by atoms with Gasteiger partial charge in [0.25, 0.3) is 5.91 Å². The number of carbonyl (C=O) groups is 1. The van der Waals surface area contributed by atoms with Crippen LogP contribution in [0.1, 0.15) is 28.8 Å². The molecule has 0 spiro atoms. The van der Waals surface area contributed by atoms with Crippen LogP contribution in [0, 0.1) is 0 Å². The molecule has 4 nitrogen and oxygen atoms in total. The molecule has 0 bridgehead atoms. The molecule has 2 heterocycles. The van der Waals surface area contributed by atoms with E-state index in [0.717, 1.165) is 23.1 Å². The number of nitrogens with zero attached hydrogens (tertiary/aromatic N) is 2. The molecule has 1 fully saturated rings. The molecule has 2 aromatic rings. The van der Waals surface area contributed by atoms with Gasteiger partial charge in [0.05, 0.1) is 5.56 Å². The Morgan fingerprint density at radius 1 is 1.30 bits per heavy atom. The van der Waals surface area contributed by atoms with E-state index >= 15 is 0 Å². The van der Waals surface area contributed by atoms with Crippen molar-refractivity contribution in [2.24, 2.45) is 0 Å². The standard InChI is InChI=1S/C17H17BrClN3O/c18-13-9-14(16(19)20-11-13)17(23)21-10-12-5-1-2-6-15(12)22-7-3-4-8-22/h1-2,5-6,9,11H,3-4,7-8,10H2,(H,21,23). The molecule has 120 valence electrons. The fraction of sp³-hybridized carbons (Fsp3) is 0.294. The number of hydrogen-bond donors (Lipinski definition) is 1. The molecular weight excluding hydrogens is 378 g/mol. The Morgan fingerprint density at radius 2 is 2.04 bits per heavy atom. The van der Waals surface area contributed by atoms with Crippen molar-refractivity contribution < 1.29 is 4.79 Å². The zero-order valence-corrected chi connectivity index (χ0v) is 14.9. The Kier molecular flexibility index (Phi) is 5.18. The van der Waals surface area contributed by atoms with E-state index in [2.05, 4.69) is 43.3 Å². The number of pyridine rings is 1. The van der Waals surface area contributed by atoms with E-state index in [1.54, 1.807) is 12.3 Å². The van der Waals surface area contributed by atoms with Gasteiger partial charge in [0.15, 0.2) is 0 Å². The minimum atomic E-state index is -0.222. The third-order valence-electron chi connectivity index (χ3n) is 3.93. The van der Waals surface area contributed by atoms with Gasteiger partial charge in [-0.15, -0.1) is 0 Å². The molecule has 0 unspecified atom stereocenters. The summed E-state index contributed by atoms with van der Waals surface area (Å²) in [5, 5.41) is 3.14. The lowest BCUT2D eigenvalue weighted by Crippen LogP contribution is -2.26. The normalized spacial score (nSPS) is 14.1. The Labute approximate surface area is 149 Å². The Hall–Kier alpha value is -1.59. The van der Waals surface area contributed by atoms with E-state index < -0.39 is 0 Å². The molecule has 0 radical (unpaired) electrons. The Bertz CT molecular complexity index is 717. The molecule has 1 amide bonds. The van der Waals surface area contributed by atoms with E-state index in [9.17, 15) is 4.79 Å². The average molecular weight is 395 g/mol. The summed E-state index contributed by atoms with van der Waals surface area (Å²) in [6.07, 6.45) is 4.02. The van der Waals surface area contributed by atoms with Gasteiger partial charge in [-0.1, -0.05) is 29.8 Å². The molecule has 23 heavy (non-hydrogen) atoms. The summed E-state index contributed by atoms with van der Waals surface area (Å²) in [6.45, 7) is 2.62. The monoisotopic (exact) mass is 393 g/mol. The SMILES string of the molecule is O=C(NCc1ccccc1N1CCCC1)c1cc(Br)cnc1Cl. The maximum atomic E-state index is 12.4. The largest absolute Gasteiger partial charge is 0.371 e. The number of amides is 1. The number of hydrogen-bond acceptors (Lipinski definition) is 3. The third kappa shape index (κ3) is 3.85. The highest BCUT2D eigenvalue weighted by atomic mass is 79.9. The van der Waals surface area contributed by atoms with E-state index in [1.807, 2.05) is 12.1 Å². The van der Waals surface area contributed by atoms with Crippen molar-refractivity contribution in [3.8, 4) is 0 Å². The Morgan fingerprint density at radius 3 is 2.83 bits per heavy atom. The topological polar surface area (TPSA) is 45.2 Å². The number of carbonyl (C=O) groups excluding carboxylic acids is 1. The number of nitrogens with one attached hydrogen (secondary N) is 1. The highest BCUT2D eigenvalue weighted by Gasteiger charge is 2.17. The van der Waals surface area contributed by atoms with E-state index in [0.29, 0.717) is 12.1 Å². The van der Waals surface area contributed by atoms with E-state index in [4.69, 9.17) is 11.6 Å². The van der Waals surface area contributed by atoms with Gasteiger partial charge in [-0.2, -0.15) is 0 Å². The molecule has 0 aliphatic carbocycles. The molecule has 1 aromatic heterocycles. The molecule has 6 heteroatoms. The quantitative estimate of drug-likeness (QED) is 0.796. The molecule has 1 aliphatic heterocycles. The second kappa shape index (κ2) is 7.32. The number of para-hydroxylation sites is 1. The third-order valence-corrected chi connectivity index (χ3v) is 4.66. The molecular formula is C17H17BrClN3O. The summed E-state index contributed by atoms with van der Waals surface area (Å²) in [4.78, 5) is 18.7. The number of aromatic nitrogens is 1. The number of rotatable bonds is 4. The first-order valence-corrected chi connectivity index (χ1v) is 8.74. The lowest BCUT2D eigenvalue weighted by molar-refractivity contribution is 0.0950. The summed E-state index contributed by atoms with van der Waals surface area (Å²) in [5.74, 6) is -0.222. The minimum Gasteiger partial charge on any atom is -0.371 e. The van der Waals surface area contributed by atoms with Crippen LogP contribution in [0.3, 0.4) is 0 Å². The van der Waals surface area contributed by atoms with Gasteiger partial charge in [-0.3, -0.25) is 4.79 Å². The van der Waals surface area contributed by atoms with Gasteiger partial charge in [-0.05, 0) is 46.5 Å². The lowest BCUT2D eigenvalue weighted by atomic mass is 10.1. The maximum Gasteiger partial charge on any atom is 0.254 e. The molecule has 1 N–H and O–H groups in total. The van der Waals surface area contributed by atoms with Gasteiger partial charge >= 0.3 is 0 Å². The number of benzene rings is 1. The Balaban J connectivity index is 1.73. The highest BCUT2D eigenvalue weighted by Crippen LogP contribution is 2.24. The van der Waals surface area contributed by atoms with Gasteiger partial charge in [-0.25, -0.2) is 4.98 Å². The predicted molar refractivity (Wildman–Crippen MR) is 96.0 cm³/mol. The van der Waals surface area contributed by atoms with Crippen molar-refractivity contribution in [2.75, 3.05) is 18.0 Å². The molecule has 0 atom stereocenters. The van der Waals surface area contributed by atoms with Crippen LogP contribution in [0.2, 0.25) is 5.15 Å². The molecule has 1 saturated heterocycles. The van der Waals surface area contributed by atoms with Crippen molar-refractivity contribution in [1.82, 2.24) is 10.3 Å². The summed E-state index contributed by atoms with van der Waals surface area (Å²) in [6, 6.07) is 9.87. The summed E-state index contributed by atoms with van der Waals surface area (Å²) in [5.41, 5.74) is 2.69. The maximum absolute atomic E-state index is 12.4. The van der Waals surface area contributed by atoms with Gasteiger partial charge < -0.3 is 10.2 Å². The van der Waals surface area contributed by atoms with E-state index in [1.165, 1.54) is 18.5 Å². The van der Waals surface area contributed by atoms with Crippen molar-refractivity contribution in [3.05, 3.63) is 57.3 Å². The van der Waals surface area contributed by atoms with Crippen molar-refractivity contribution in [2.45, 2.75) is 19.4 Å². The zero-order valence-electron chi connectivity index (χ0n) is 12.6. The van der Waals surface area contributed by atoms with E-state index in [-0.39, 0.29) is 11.1 Å². The summed E-state index contributed by atoms with van der Waals surface area (Å²) in [7, 11) is 0. The molecule has 1 aromatic carbocycles. The van der Waals surface area contributed by atoms with Crippen molar-refractivity contribution >= 4 is 39.1 Å². The first-order chi connectivity index (χ1) is 11.1. The fourth-order valence-corrected chi connectivity index (χ4v) is 3.30. The van der Waals surface area contributed by atoms with Crippen LogP contribution >= 0.6 is 27.5 Å². The van der Waals surface area contributed by atoms with Crippen LogP contribution in [0.4, 0.5) is 5.69 Å². The summed E-state index contributed by atoms with van der Waals surface area (Å²) < 4.78 is 0.726. The van der Waals surface area contributed by atoms with Crippen LogP contribution in [0.25, 0.3) is 0 Å². The first kappa shape index (κ1) is 16.3. The molecule has 3 rings (SSSR count). The smallest absolute Gasteiger partial charge is 0.254 e. The number of halogens is 2. The highest BCUT2D eigenvalue weighted by molar-refractivity contribution is 9.10. The zero-order chi connectivity index (χ0) is 16.2. The average Bonchev–Trinajstić information content (AvgIpc) is 3.09. The molecule has 1 aliphatic rings.